The zero-order valence-electron chi connectivity index (χ0n) is 19.8. The Kier molecular flexibility index (Phi) is 8.93. The van der Waals surface area contributed by atoms with Gasteiger partial charge in [-0.1, -0.05) is 24.3 Å². The summed E-state index contributed by atoms with van der Waals surface area (Å²) in [6, 6.07) is 14.8. The van der Waals surface area contributed by atoms with Crippen molar-refractivity contribution in [2.24, 2.45) is 0 Å². The Labute approximate surface area is 190 Å². The van der Waals surface area contributed by atoms with Gasteiger partial charge in [-0.3, -0.25) is 0 Å². The molecule has 0 fully saturated rings. The van der Waals surface area contributed by atoms with Crippen LogP contribution in [0.2, 0.25) is 0 Å². The quantitative estimate of drug-likeness (QED) is 0.597. The fourth-order valence-electron chi connectivity index (χ4n) is 3.21. The lowest BCUT2D eigenvalue weighted by molar-refractivity contribution is 0.0211. The first-order valence-electron chi connectivity index (χ1n) is 10.8. The van der Waals surface area contributed by atoms with E-state index in [1.807, 2.05) is 64.1 Å². The van der Waals surface area contributed by atoms with Crippen molar-refractivity contribution < 1.29 is 23.8 Å². The maximum absolute atomic E-state index is 12.8. The van der Waals surface area contributed by atoms with Gasteiger partial charge in [0.15, 0.2) is 0 Å². The number of amides is 2. The van der Waals surface area contributed by atoms with E-state index in [1.165, 1.54) is 0 Å². The topological polar surface area (TPSA) is 77.1 Å². The van der Waals surface area contributed by atoms with Crippen molar-refractivity contribution in [2.45, 2.75) is 52.2 Å². The molecule has 174 valence electrons. The second-order valence-electron chi connectivity index (χ2n) is 8.49. The van der Waals surface area contributed by atoms with E-state index < -0.39 is 17.8 Å². The number of carbonyl (C=O) groups is 2. The molecule has 7 heteroatoms. The van der Waals surface area contributed by atoms with Gasteiger partial charge in [0.25, 0.3) is 0 Å². The van der Waals surface area contributed by atoms with E-state index in [0.717, 1.165) is 23.3 Å². The summed E-state index contributed by atoms with van der Waals surface area (Å²) in [5.74, 6) is 1.21. The summed E-state index contributed by atoms with van der Waals surface area (Å²) >= 11 is 0. The van der Waals surface area contributed by atoms with Crippen LogP contribution in [-0.2, 0) is 11.2 Å². The highest BCUT2D eigenvalue weighted by Gasteiger charge is 2.27. The molecule has 0 bridgehead atoms. The third-order valence-electron chi connectivity index (χ3n) is 4.79. The summed E-state index contributed by atoms with van der Waals surface area (Å²) in [5.41, 5.74) is 1.38. The largest absolute Gasteiger partial charge is 0.497 e. The molecule has 0 saturated heterocycles. The first-order chi connectivity index (χ1) is 15.1. The number of nitrogens with zero attached hydrogens (tertiary/aromatic N) is 1. The van der Waals surface area contributed by atoms with E-state index in [4.69, 9.17) is 14.2 Å². The molecule has 0 aliphatic carbocycles. The lowest BCUT2D eigenvalue weighted by Gasteiger charge is -2.31. The van der Waals surface area contributed by atoms with E-state index >= 15 is 0 Å². The molecule has 1 N–H and O–H groups in total. The smallest absolute Gasteiger partial charge is 0.412 e. The van der Waals surface area contributed by atoms with Crippen LogP contribution in [0.25, 0.3) is 0 Å². The van der Waals surface area contributed by atoms with E-state index in [-0.39, 0.29) is 6.04 Å². The molecule has 2 amide bonds. The lowest BCUT2D eigenvalue weighted by Crippen LogP contribution is -2.37. The Bertz CT molecular complexity index is 890. The van der Waals surface area contributed by atoms with Gasteiger partial charge in [-0.2, -0.15) is 0 Å². The second-order valence-corrected chi connectivity index (χ2v) is 8.49. The molecule has 0 aliphatic rings. The maximum atomic E-state index is 12.8. The van der Waals surface area contributed by atoms with Crippen LogP contribution in [0, 0.1) is 0 Å². The maximum Gasteiger partial charge on any atom is 0.412 e. The molecule has 0 spiro atoms. The first kappa shape index (κ1) is 25.0. The number of rotatable bonds is 8. The van der Waals surface area contributed by atoms with Gasteiger partial charge in [0.1, 0.15) is 17.1 Å². The van der Waals surface area contributed by atoms with Gasteiger partial charge in [0.2, 0.25) is 0 Å². The molecule has 2 rings (SSSR count). The molecule has 2 aromatic rings. The molecule has 0 radical (unpaired) electrons. The number of benzene rings is 2. The van der Waals surface area contributed by atoms with Gasteiger partial charge in [0.05, 0.1) is 13.2 Å². The first-order valence-corrected chi connectivity index (χ1v) is 10.8. The van der Waals surface area contributed by atoms with E-state index in [2.05, 4.69) is 5.32 Å². The predicted molar refractivity (Wildman–Crippen MR) is 124 cm³/mol. The minimum absolute atomic E-state index is 0.273. The van der Waals surface area contributed by atoms with Crippen molar-refractivity contribution >= 4 is 12.2 Å². The predicted octanol–water partition coefficient (Wildman–Crippen LogP) is 5.34. The van der Waals surface area contributed by atoms with E-state index in [9.17, 15) is 9.59 Å². The Morgan fingerprint density at radius 1 is 1.06 bits per heavy atom. The molecule has 0 aliphatic heterocycles. The Morgan fingerprint density at radius 2 is 1.75 bits per heavy atom. The number of hydrogen-bond donors (Lipinski definition) is 1. The minimum Gasteiger partial charge on any atom is -0.497 e. The second kappa shape index (κ2) is 11.4. The summed E-state index contributed by atoms with van der Waals surface area (Å²) in [4.78, 5) is 26.2. The van der Waals surface area contributed by atoms with Crippen LogP contribution in [0.3, 0.4) is 0 Å². The van der Waals surface area contributed by atoms with Crippen LogP contribution in [0.1, 0.15) is 51.3 Å². The van der Waals surface area contributed by atoms with Crippen LogP contribution >= 0.6 is 0 Å². The Balaban J connectivity index is 2.26. The average Bonchev–Trinajstić information content (AvgIpc) is 2.73. The molecule has 7 nitrogen and oxygen atoms in total. The molecule has 0 heterocycles. The lowest BCUT2D eigenvalue weighted by atomic mass is 9.97. The van der Waals surface area contributed by atoms with Crippen LogP contribution in [-0.4, -0.2) is 43.4 Å². The third kappa shape index (κ3) is 7.80. The normalized spacial score (nSPS) is 11.9. The molecular weight excluding hydrogens is 408 g/mol. The van der Waals surface area contributed by atoms with Crippen molar-refractivity contribution in [3.05, 3.63) is 59.7 Å². The van der Waals surface area contributed by atoms with Gasteiger partial charge in [-0.15, -0.1) is 0 Å². The van der Waals surface area contributed by atoms with Gasteiger partial charge < -0.3 is 24.4 Å². The van der Waals surface area contributed by atoms with Gasteiger partial charge >= 0.3 is 12.2 Å². The number of aryl methyl sites for hydroxylation is 1. The molecular formula is C25H34N2O5. The summed E-state index contributed by atoms with van der Waals surface area (Å²) in [6.45, 7) is 7.82. The van der Waals surface area contributed by atoms with Crippen LogP contribution in [0.15, 0.2) is 48.5 Å². The molecule has 2 aromatic carbocycles. The standard InChI is InChI=1S/C25H34N2O5/c1-7-26-23(28)31-21-10-8-9-19(17-21)22(27(5)24(29)32-25(2,3)4)16-13-18-11-14-20(30-6)15-12-18/h8-12,14-15,17,22H,7,13,16H2,1-6H3,(H,26,28). The fraction of sp³-hybridized carbons (Fsp3) is 0.440. The average molecular weight is 443 g/mol. The van der Waals surface area contributed by atoms with Crippen LogP contribution in [0.5, 0.6) is 11.5 Å². The number of methoxy groups -OCH3 is 1. The number of ether oxygens (including phenoxy) is 3. The summed E-state index contributed by atoms with van der Waals surface area (Å²) < 4.78 is 16.2. The van der Waals surface area contributed by atoms with Crippen molar-refractivity contribution in [1.29, 1.82) is 0 Å². The van der Waals surface area contributed by atoms with Gasteiger partial charge in [-0.25, -0.2) is 9.59 Å². The van der Waals surface area contributed by atoms with E-state index in [0.29, 0.717) is 18.7 Å². The fourth-order valence-corrected chi connectivity index (χ4v) is 3.21. The summed E-state index contributed by atoms with van der Waals surface area (Å²) in [5, 5.41) is 2.61. The van der Waals surface area contributed by atoms with Crippen molar-refractivity contribution in [1.82, 2.24) is 10.2 Å². The number of hydrogen-bond acceptors (Lipinski definition) is 5. The van der Waals surface area contributed by atoms with Crippen molar-refractivity contribution in [3.63, 3.8) is 0 Å². The van der Waals surface area contributed by atoms with Crippen LogP contribution in [0.4, 0.5) is 9.59 Å². The number of carbonyl (C=O) groups excluding carboxylic acids is 2. The molecule has 1 unspecified atom stereocenters. The molecule has 0 aromatic heterocycles. The highest BCUT2D eigenvalue weighted by molar-refractivity contribution is 5.70. The third-order valence-corrected chi connectivity index (χ3v) is 4.79. The monoisotopic (exact) mass is 442 g/mol. The molecule has 0 saturated carbocycles. The van der Waals surface area contributed by atoms with Gasteiger partial charge in [0, 0.05) is 13.6 Å². The van der Waals surface area contributed by atoms with Crippen molar-refractivity contribution in [3.8, 4) is 11.5 Å². The number of nitrogens with one attached hydrogen (secondary N) is 1. The summed E-state index contributed by atoms with van der Waals surface area (Å²) in [7, 11) is 3.36. The minimum atomic E-state index is -0.602. The van der Waals surface area contributed by atoms with Gasteiger partial charge in [-0.05, 0) is 75.9 Å². The van der Waals surface area contributed by atoms with Crippen molar-refractivity contribution in [2.75, 3.05) is 20.7 Å². The Morgan fingerprint density at radius 3 is 2.34 bits per heavy atom. The highest BCUT2D eigenvalue weighted by Crippen LogP contribution is 2.29. The SMILES string of the molecule is CCNC(=O)Oc1cccc(C(CCc2ccc(OC)cc2)N(C)C(=O)OC(C)(C)C)c1. The van der Waals surface area contributed by atoms with Crippen LogP contribution < -0.4 is 14.8 Å². The molecule has 32 heavy (non-hydrogen) atoms. The Hall–Kier alpha value is -3.22. The zero-order chi connectivity index (χ0) is 23.7. The zero-order valence-corrected chi connectivity index (χ0v) is 19.8. The molecule has 1 atom stereocenters. The summed E-state index contributed by atoms with van der Waals surface area (Å²) in [6.07, 6.45) is 0.475. The highest BCUT2D eigenvalue weighted by atomic mass is 16.6. The van der Waals surface area contributed by atoms with E-state index in [1.54, 1.807) is 31.2 Å².